The fourth-order valence-corrected chi connectivity index (χ4v) is 3.94. The highest BCUT2D eigenvalue weighted by atomic mass is 32.2. The molecule has 1 N–H and O–H groups in total. The zero-order chi connectivity index (χ0) is 21.6. The van der Waals surface area contributed by atoms with Gasteiger partial charge < -0.3 is 10.1 Å². The minimum Gasteiger partial charge on any atom is -0.472 e. The van der Waals surface area contributed by atoms with Crippen LogP contribution in [-0.2, 0) is 9.59 Å². The third-order valence-corrected chi connectivity index (χ3v) is 5.71. The van der Waals surface area contributed by atoms with Crippen molar-refractivity contribution in [3.63, 3.8) is 0 Å². The molecular formula is C24H23N3O3S. The molecule has 6 nitrogen and oxygen atoms in total. The second-order valence-corrected chi connectivity index (χ2v) is 7.99. The summed E-state index contributed by atoms with van der Waals surface area (Å²) >= 11 is 1.62. The van der Waals surface area contributed by atoms with E-state index in [1.165, 1.54) is 0 Å². The van der Waals surface area contributed by atoms with Gasteiger partial charge in [0.05, 0.1) is 0 Å². The predicted molar refractivity (Wildman–Crippen MR) is 122 cm³/mol. The Balaban J connectivity index is 1.43. The molecule has 7 heteroatoms. The van der Waals surface area contributed by atoms with Crippen LogP contribution < -0.4 is 15.0 Å². The Kier molecular flexibility index (Phi) is 6.52. The molecule has 0 saturated carbocycles. The summed E-state index contributed by atoms with van der Waals surface area (Å²) in [5, 5.41) is 2.92. The number of benzene rings is 2. The van der Waals surface area contributed by atoms with E-state index in [2.05, 4.69) is 10.3 Å². The third kappa shape index (κ3) is 4.88. The Labute approximate surface area is 185 Å². The van der Waals surface area contributed by atoms with Crippen molar-refractivity contribution >= 4 is 35.1 Å². The predicted octanol–water partition coefficient (Wildman–Crippen LogP) is 4.69. The van der Waals surface area contributed by atoms with Crippen LogP contribution in [0.5, 0.6) is 5.75 Å². The molecule has 1 aliphatic rings. The second-order valence-electron chi connectivity index (χ2n) is 7.11. The van der Waals surface area contributed by atoms with Crippen LogP contribution in [0.4, 0.5) is 11.5 Å². The van der Waals surface area contributed by atoms with Crippen LogP contribution in [-0.4, -0.2) is 29.6 Å². The monoisotopic (exact) mass is 433 g/mol. The number of nitrogens with one attached hydrogen (secondary N) is 1. The maximum absolute atomic E-state index is 13.2. The number of hydrogen-bond donors (Lipinski definition) is 1. The Morgan fingerprint density at radius 3 is 2.77 bits per heavy atom. The Morgan fingerprint density at radius 2 is 1.97 bits per heavy atom. The molecule has 0 saturated heterocycles. The number of fused-ring (bicyclic) bond motifs is 1. The van der Waals surface area contributed by atoms with Crippen molar-refractivity contribution in [2.45, 2.75) is 23.8 Å². The molecule has 0 spiro atoms. The molecular weight excluding hydrogens is 410 g/mol. The van der Waals surface area contributed by atoms with Crippen molar-refractivity contribution in [2.24, 2.45) is 0 Å². The average molecular weight is 434 g/mol. The van der Waals surface area contributed by atoms with Gasteiger partial charge in [0.1, 0.15) is 0 Å². The summed E-state index contributed by atoms with van der Waals surface area (Å²) in [6, 6.07) is 20.7. The molecule has 2 aromatic carbocycles. The van der Waals surface area contributed by atoms with Crippen molar-refractivity contribution in [3.05, 3.63) is 78.5 Å². The van der Waals surface area contributed by atoms with Gasteiger partial charge in [-0.1, -0.05) is 36.4 Å². The molecule has 2 heterocycles. The topological polar surface area (TPSA) is 71.5 Å². The smallest absolute Gasteiger partial charge is 0.274 e. The highest BCUT2D eigenvalue weighted by Crippen LogP contribution is 2.37. The lowest BCUT2D eigenvalue weighted by atomic mass is 10.1. The lowest BCUT2D eigenvalue weighted by molar-refractivity contribution is -0.127. The van der Waals surface area contributed by atoms with Gasteiger partial charge in [0.15, 0.2) is 11.6 Å². The fourth-order valence-electron chi connectivity index (χ4n) is 3.48. The lowest BCUT2D eigenvalue weighted by Crippen LogP contribution is -2.42. The van der Waals surface area contributed by atoms with Gasteiger partial charge in [-0.25, -0.2) is 4.98 Å². The summed E-state index contributed by atoms with van der Waals surface area (Å²) in [5.74, 6) is 0.798. The van der Waals surface area contributed by atoms with Crippen molar-refractivity contribution in [1.82, 2.24) is 4.98 Å². The van der Waals surface area contributed by atoms with E-state index in [-0.39, 0.29) is 11.8 Å². The molecule has 31 heavy (non-hydrogen) atoms. The molecule has 0 fully saturated rings. The zero-order valence-corrected chi connectivity index (χ0v) is 18.0. The maximum atomic E-state index is 13.2. The van der Waals surface area contributed by atoms with Crippen LogP contribution >= 0.6 is 11.8 Å². The minimum atomic E-state index is -0.721. The van der Waals surface area contributed by atoms with Crippen molar-refractivity contribution < 1.29 is 14.3 Å². The van der Waals surface area contributed by atoms with E-state index in [1.807, 2.05) is 66.9 Å². The normalized spacial score (nSPS) is 15.2. The number of hydrogen-bond acceptors (Lipinski definition) is 5. The van der Waals surface area contributed by atoms with E-state index in [1.54, 1.807) is 28.9 Å². The molecule has 158 valence electrons. The van der Waals surface area contributed by atoms with Crippen molar-refractivity contribution in [3.8, 4) is 5.75 Å². The van der Waals surface area contributed by atoms with Crippen LogP contribution in [0.2, 0.25) is 0 Å². The Bertz CT molecular complexity index is 1070. The molecule has 0 radical (unpaired) electrons. The van der Waals surface area contributed by atoms with Gasteiger partial charge >= 0.3 is 0 Å². The number of ether oxygens (including phenoxy) is 1. The highest BCUT2D eigenvalue weighted by molar-refractivity contribution is 7.98. The lowest BCUT2D eigenvalue weighted by Gasteiger charge is -2.33. The largest absolute Gasteiger partial charge is 0.472 e. The first-order valence-electron chi connectivity index (χ1n) is 10.1. The Morgan fingerprint density at radius 1 is 1.13 bits per heavy atom. The van der Waals surface area contributed by atoms with Crippen molar-refractivity contribution in [1.29, 1.82) is 0 Å². The van der Waals surface area contributed by atoms with Crippen LogP contribution in [0, 0.1) is 0 Å². The van der Waals surface area contributed by atoms with Gasteiger partial charge in [0, 0.05) is 35.3 Å². The molecule has 1 aromatic heterocycles. The van der Waals surface area contributed by atoms with E-state index >= 15 is 0 Å². The van der Waals surface area contributed by atoms with E-state index in [0.717, 1.165) is 16.1 Å². The molecule has 0 bridgehead atoms. The van der Waals surface area contributed by atoms with Gasteiger partial charge in [-0.2, -0.15) is 0 Å². The summed E-state index contributed by atoms with van der Waals surface area (Å²) in [6.45, 7) is 0.383. The third-order valence-electron chi connectivity index (χ3n) is 4.98. The maximum Gasteiger partial charge on any atom is 0.274 e. The van der Waals surface area contributed by atoms with Crippen LogP contribution in [0.3, 0.4) is 0 Å². The number of amides is 2. The summed E-state index contributed by atoms with van der Waals surface area (Å²) in [7, 11) is 0. The molecule has 3 aromatic rings. The van der Waals surface area contributed by atoms with Gasteiger partial charge in [0.25, 0.3) is 5.91 Å². The summed E-state index contributed by atoms with van der Waals surface area (Å²) in [6.07, 6.45) is 3.72. The minimum absolute atomic E-state index is 0.0835. The average Bonchev–Trinajstić information content (AvgIpc) is 2.81. The van der Waals surface area contributed by atoms with E-state index in [9.17, 15) is 9.59 Å². The first-order valence-corrected chi connectivity index (χ1v) is 11.3. The van der Waals surface area contributed by atoms with E-state index in [0.29, 0.717) is 31.0 Å². The van der Waals surface area contributed by atoms with Crippen LogP contribution in [0.25, 0.3) is 0 Å². The Hall–Kier alpha value is -3.32. The second kappa shape index (κ2) is 9.66. The van der Waals surface area contributed by atoms with Crippen LogP contribution in [0.1, 0.15) is 24.5 Å². The number of nitrogens with zero attached hydrogens (tertiary/aromatic N) is 2. The molecule has 1 atom stereocenters. The van der Waals surface area contributed by atoms with Gasteiger partial charge in [-0.3, -0.25) is 14.5 Å². The molecule has 2 amide bonds. The summed E-state index contributed by atoms with van der Waals surface area (Å²) in [5.41, 5.74) is 1.56. The number of anilines is 2. The SMILES string of the molecule is CSc1cccc(NC(=O)CCCN2C(=O)[C@@H](c3ccccc3)Oc3cccnc32)c1. The number of rotatable bonds is 7. The summed E-state index contributed by atoms with van der Waals surface area (Å²) in [4.78, 5) is 32.6. The molecule has 0 aliphatic carbocycles. The highest BCUT2D eigenvalue weighted by Gasteiger charge is 2.36. The first kappa shape index (κ1) is 20.9. The quantitative estimate of drug-likeness (QED) is 0.548. The van der Waals surface area contributed by atoms with Gasteiger partial charge in [0.2, 0.25) is 12.0 Å². The van der Waals surface area contributed by atoms with Crippen LogP contribution in [0.15, 0.2) is 77.8 Å². The zero-order valence-electron chi connectivity index (χ0n) is 17.2. The molecule has 0 unspecified atom stereocenters. The summed E-state index contributed by atoms with van der Waals surface area (Å²) < 4.78 is 5.95. The number of carbonyl (C=O) groups is 2. The first-order chi connectivity index (χ1) is 15.2. The van der Waals surface area contributed by atoms with Gasteiger partial charge in [-0.05, 0) is 43.0 Å². The van der Waals surface area contributed by atoms with E-state index in [4.69, 9.17) is 4.74 Å². The standard InChI is InChI=1S/C24H23N3O3S/c1-31-19-11-5-10-18(16-19)26-21(28)13-7-15-27-23-20(12-6-14-25-23)30-22(24(27)29)17-8-3-2-4-9-17/h2-6,8-12,14,16,22H,7,13,15H2,1H3,(H,26,28)/t22-/m1/s1. The number of carbonyl (C=O) groups excluding carboxylic acids is 2. The fraction of sp³-hybridized carbons (Fsp3) is 0.208. The van der Waals surface area contributed by atoms with Crippen molar-refractivity contribution in [2.75, 3.05) is 23.0 Å². The molecule has 1 aliphatic heterocycles. The number of aromatic nitrogens is 1. The number of pyridine rings is 1. The molecule has 4 rings (SSSR count). The van der Waals surface area contributed by atoms with Gasteiger partial charge in [-0.15, -0.1) is 11.8 Å². The van der Waals surface area contributed by atoms with E-state index < -0.39 is 6.10 Å². The number of thioether (sulfide) groups is 1.